The van der Waals surface area contributed by atoms with Crippen LogP contribution < -0.4 is 5.32 Å². The first-order chi connectivity index (χ1) is 10.7. The van der Waals surface area contributed by atoms with E-state index in [2.05, 4.69) is 18.3 Å². The van der Waals surface area contributed by atoms with Crippen LogP contribution in [0.2, 0.25) is 0 Å². The average molecular weight is 306 g/mol. The smallest absolute Gasteiger partial charge is 0.309 e. The fourth-order valence-corrected chi connectivity index (χ4v) is 3.59. The SMILES string of the molecule is CCCCNC1CCC(C(=O)OC2CCC(C#N)CC2)CC1. The van der Waals surface area contributed by atoms with E-state index in [4.69, 9.17) is 10.00 Å². The monoisotopic (exact) mass is 306 g/mol. The molecule has 0 saturated heterocycles. The van der Waals surface area contributed by atoms with Gasteiger partial charge in [0.15, 0.2) is 0 Å². The molecule has 2 aliphatic carbocycles. The zero-order valence-electron chi connectivity index (χ0n) is 13.9. The van der Waals surface area contributed by atoms with Crippen molar-refractivity contribution in [1.29, 1.82) is 5.26 Å². The Hall–Kier alpha value is -1.08. The van der Waals surface area contributed by atoms with E-state index < -0.39 is 0 Å². The number of ether oxygens (including phenoxy) is 1. The number of nitrogens with zero attached hydrogens (tertiary/aromatic N) is 1. The van der Waals surface area contributed by atoms with Crippen LogP contribution in [0, 0.1) is 23.2 Å². The van der Waals surface area contributed by atoms with E-state index in [1.807, 2.05) is 0 Å². The van der Waals surface area contributed by atoms with Gasteiger partial charge >= 0.3 is 5.97 Å². The van der Waals surface area contributed by atoms with Gasteiger partial charge in [0, 0.05) is 12.0 Å². The molecule has 2 saturated carbocycles. The van der Waals surface area contributed by atoms with Crippen LogP contribution in [-0.2, 0) is 9.53 Å². The standard InChI is InChI=1S/C18H30N2O2/c1-2-3-12-20-16-8-6-15(7-9-16)18(21)22-17-10-4-14(13-19)5-11-17/h14-17,20H,2-12H2,1H3. The van der Waals surface area contributed by atoms with Gasteiger partial charge in [-0.05, 0) is 64.3 Å². The molecule has 2 rings (SSSR count). The third-order valence-corrected chi connectivity index (χ3v) is 5.16. The molecule has 0 amide bonds. The van der Waals surface area contributed by atoms with Crippen LogP contribution in [-0.4, -0.2) is 24.7 Å². The van der Waals surface area contributed by atoms with Crippen molar-refractivity contribution in [2.24, 2.45) is 11.8 Å². The van der Waals surface area contributed by atoms with Gasteiger partial charge in [-0.1, -0.05) is 13.3 Å². The van der Waals surface area contributed by atoms with Gasteiger partial charge in [-0.15, -0.1) is 0 Å². The van der Waals surface area contributed by atoms with Crippen LogP contribution in [0.25, 0.3) is 0 Å². The minimum atomic E-state index is 0.00687. The van der Waals surface area contributed by atoms with Crippen molar-refractivity contribution in [3.8, 4) is 6.07 Å². The van der Waals surface area contributed by atoms with Gasteiger partial charge in [0.05, 0.1) is 12.0 Å². The predicted octanol–water partition coefficient (Wildman–Crippen LogP) is 3.56. The number of unbranched alkanes of at least 4 members (excludes halogenated alkanes) is 1. The zero-order valence-corrected chi connectivity index (χ0v) is 13.9. The molecule has 0 spiro atoms. The zero-order chi connectivity index (χ0) is 15.8. The van der Waals surface area contributed by atoms with E-state index in [1.54, 1.807) is 0 Å². The number of hydrogen-bond donors (Lipinski definition) is 1. The lowest BCUT2D eigenvalue weighted by Crippen LogP contribution is -2.36. The number of carbonyl (C=O) groups is 1. The molecule has 0 unspecified atom stereocenters. The number of nitrogens with one attached hydrogen (secondary N) is 1. The van der Waals surface area contributed by atoms with Crippen molar-refractivity contribution in [2.45, 2.75) is 83.3 Å². The quantitative estimate of drug-likeness (QED) is 0.602. The van der Waals surface area contributed by atoms with Crippen LogP contribution in [0.15, 0.2) is 0 Å². The topological polar surface area (TPSA) is 62.1 Å². The maximum atomic E-state index is 12.3. The predicted molar refractivity (Wildman–Crippen MR) is 86.1 cm³/mol. The molecule has 2 fully saturated rings. The van der Waals surface area contributed by atoms with Crippen molar-refractivity contribution in [2.75, 3.05) is 6.54 Å². The molecule has 0 heterocycles. The highest BCUT2D eigenvalue weighted by molar-refractivity contribution is 5.72. The third-order valence-electron chi connectivity index (χ3n) is 5.16. The van der Waals surface area contributed by atoms with Crippen LogP contribution in [0.3, 0.4) is 0 Å². The minimum absolute atomic E-state index is 0.00687. The van der Waals surface area contributed by atoms with Crippen molar-refractivity contribution in [3.05, 3.63) is 0 Å². The highest BCUT2D eigenvalue weighted by Crippen LogP contribution is 2.29. The maximum absolute atomic E-state index is 12.3. The molecule has 0 bridgehead atoms. The summed E-state index contributed by atoms with van der Waals surface area (Å²) in [6, 6.07) is 2.90. The Morgan fingerprint density at radius 1 is 1.14 bits per heavy atom. The summed E-state index contributed by atoms with van der Waals surface area (Å²) in [4.78, 5) is 12.3. The van der Waals surface area contributed by atoms with E-state index in [0.717, 1.165) is 57.9 Å². The van der Waals surface area contributed by atoms with Gasteiger partial charge in [-0.25, -0.2) is 0 Å². The van der Waals surface area contributed by atoms with Crippen LogP contribution in [0.1, 0.15) is 71.1 Å². The van der Waals surface area contributed by atoms with E-state index in [-0.39, 0.29) is 23.9 Å². The summed E-state index contributed by atoms with van der Waals surface area (Å²) in [6.45, 7) is 3.30. The lowest BCUT2D eigenvalue weighted by Gasteiger charge is -2.30. The Kier molecular flexibility index (Phi) is 7.18. The molecule has 4 heteroatoms. The van der Waals surface area contributed by atoms with Crippen molar-refractivity contribution >= 4 is 5.97 Å². The maximum Gasteiger partial charge on any atom is 0.309 e. The van der Waals surface area contributed by atoms with Crippen LogP contribution in [0.4, 0.5) is 0 Å². The minimum Gasteiger partial charge on any atom is -0.462 e. The lowest BCUT2D eigenvalue weighted by molar-refractivity contribution is -0.157. The van der Waals surface area contributed by atoms with E-state index >= 15 is 0 Å². The lowest BCUT2D eigenvalue weighted by atomic mass is 9.85. The normalized spacial score (nSPS) is 32.2. The van der Waals surface area contributed by atoms with E-state index in [0.29, 0.717) is 6.04 Å². The summed E-state index contributed by atoms with van der Waals surface area (Å²) in [6.07, 6.45) is 10.1. The van der Waals surface area contributed by atoms with Crippen LogP contribution >= 0.6 is 0 Å². The first-order valence-electron chi connectivity index (χ1n) is 9.06. The summed E-state index contributed by atoms with van der Waals surface area (Å²) in [5, 5.41) is 12.5. The van der Waals surface area contributed by atoms with Gasteiger partial charge in [-0.2, -0.15) is 5.26 Å². The number of carbonyl (C=O) groups excluding carboxylic acids is 1. The molecular weight excluding hydrogens is 276 g/mol. The van der Waals surface area contributed by atoms with Gasteiger partial charge in [-0.3, -0.25) is 4.79 Å². The fourth-order valence-electron chi connectivity index (χ4n) is 3.59. The Labute approximate surface area is 134 Å². The molecule has 0 aromatic carbocycles. The Balaban J connectivity index is 1.64. The number of esters is 1. The largest absolute Gasteiger partial charge is 0.462 e. The van der Waals surface area contributed by atoms with Crippen molar-refractivity contribution in [1.82, 2.24) is 5.32 Å². The summed E-state index contributed by atoms with van der Waals surface area (Å²) in [5.74, 6) is 0.268. The van der Waals surface area contributed by atoms with E-state index in [9.17, 15) is 4.79 Å². The molecule has 124 valence electrons. The van der Waals surface area contributed by atoms with Gasteiger partial charge < -0.3 is 10.1 Å². The van der Waals surface area contributed by atoms with Crippen LogP contribution in [0.5, 0.6) is 0 Å². The highest BCUT2D eigenvalue weighted by Gasteiger charge is 2.30. The molecule has 0 atom stereocenters. The molecule has 22 heavy (non-hydrogen) atoms. The Morgan fingerprint density at radius 2 is 1.82 bits per heavy atom. The van der Waals surface area contributed by atoms with Crippen molar-refractivity contribution < 1.29 is 9.53 Å². The van der Waals surface area contributed by atoms with Gasteiger partial charge in [0.1, 0.15) is 6.10 Å². The second-order valence-electron chi connectivity index (χ2n) is 6.90. The average Bonchev–Trinajstić information content (AvgIpc) is 2.56. The molecule has 0 aromatic rings. The first-order valence-corrected chi connectivity index (χ1v) is 9.06. The second-order valence-corrected chi connectivity index (χ2v) is 6.90. The fraction of sp³-hybridized carbons (Fsp3) is 0.889. The summed E-state index contributed by atoms with van der Waals surface area (Å²) >= 11 is 0. The van der Waals surface area contributed by atoms with Gasteiger partial charge in [0.2, 0.25) is 0 Å². The Bertz CT molecular complexity index is 375. The van der Waals surface area contributed by atoms with Crippen molar-refractivity contribution in [3.63, 3.8) is 0 Å². The first kappa shape index (κ1) is 17.3. The van der Waals surface area contributed by atoms with Gasteiger partial charge in [0.25, 0.3) is 0 Å². The molecule has 2 aliphatic rings. The molecule has 1 N–H and O–H groups in total. The number of rotatable bonds is 6. The molecule has 4 nitrogen and oxygen atoms in total. The summed E-state index contributed by atoms with van der Waals surface area (Å²) < 4.78 is 5.69. The number of hydrogen-bond acceptors (Lipinski definition) is 4. The molecule has 0 aromatic heterocycles. The summed E-state index contributed by atoms with van der Waals surface area (Å²) in [7, 11) is 0. The second kappa shape index (κ2) is 9.15. The Morgan fingerprint density at radius 3 is 2.41 bits per heavy atom. The number of nitriles is 1. The molecule has 0 radical (unpaired) electrons. The third kappa shape index (κ3) is 5.28. The molecular formula is C18H30N2O2. The van der Waals surface area contributed by atoms with E-state index in [1.165, 1.54) is 12.8 Å². The highest BCUT2D eigenvalue weighted by atomic mass is 16.5. The molecule has 0 aliphatic heterocycles. The summed E-state index contributed by atoms with van der Waals surface area (Å²) in [5.41, 5.74) is 0.